The van der Waals surface area contributed by atoms with Gasteiger partial charge >= 0.3 is 5.97 Å². The average molecular weight is 310 g/mol. The molecule has 0 bridgehead atoms. The van der Waals surface area contributed by atoms with Crippen molar-refractivity contribution < 1.29 is 19.5 Å². The first-order valence-electron chi connectivity index (χ1n) is 8.29. The van der Waals surface area contributed by atoms with Crippen molar-refractivity contribution in [2.75, 3.05) is 13.1 Å². The van der Waals surface area contributed by atoms with Gasteiger partial charge < -0.3 is 15.3 Å². The van der Waals surface area contributed by atoms with Crippen LogP contribution in [0, 0.1) is 11.8 Å². The molecule has 2 aliphatic rings. The van der Waals surface area contributed by atoms with E-state index in [1.165, 1.54) is 0 Å². The Morgan fingerprint density at radius 1 is 1.09 bits per heavy atom. The van der Waals surface area contributed by atoms with Gasteiger partial charge in [-0.2, -0.15) is 0 Å². The minimum absolute atomic E-state index is 0.0157. The van der Waals surface area contributed by atoms with E-state index < -0.39 is 23.3 Å². The minimum atomic E-state index is -0.923. The number of rotatable bonds is 6. The highest BCUT2D eigenvalue weighted by Gasteiger charge is 2.51. The molecule has 0 radical (unpaired) electrons. The summed E-state index contributed by atoms with van der Waals surface area (Å²) in [5.41, 5.74) is -0.826. The quantitative estimate of drug-likeness (QED) is 0.776. The molecule has 0 aromatic carbocycles. The number of hydrogen-bond donors (Lipinski definition) is 2. The van der Waals surface area contributed by atoms with Gasteiger partial charge in [0.2, 0.25) is 11.8 Å². The van der Waals surface area contributed by atoms with Crippen molar-refractivity contribution in [3.63, 3.8) is 0 Å². The molecule has 2 rings (SSSR count). The summed E-state index contributed by atoms with van der Waals surface area (Å²) in [5, 5.41) is 11.9. The molecule has 2 fully saturated rings. The molecule has 2 atom stereocenters. The lowest BCUT2D eigenvalue weighted by Crippen LogP contribution is -2.61. The molecule has 6 heteroatoms. The van der Waals surface area contributed by atoms with Crippen molar-refractivity contribution >= 4 is 17.8 Å². The Morgan fingerprint density at radius 3 is 2.14 bits per heavy atom. The van der Waals surface area contributed by atoms with Crippen LogP contribution in [0.5, 0.6) is 0 Å². The third-order valence-electron chi connectivity index (χ3n) is 4.97. The summed E-state index contributed by atoms with van der Waals surface area (Å²) in [6.07, 6.45) is 4.60. The Morgan fingerprint density at radius 2 is 1.68 bits per heavy atom. The maximum atomic E-state index is 12.9. The van der Waals surface area contributed by atoms with Gasteiger partial charge in [-0.15, -0.1) is 0 Å². The zero-order valence-electron chi connectivity index (χ0n) is 13.4. The Labute approximate surface area is 131 Å². The Balaban J connectivity index is 2.10. The topological polar surface area (TPSA) is 86.7 Å². The van der Waals surface area contributed by atoms with Crippen LogP contribution in [0.3, 0.4) is 0 Å². The fourth-order valence-corrected chi connectivity index (χ4v) is 3.45. The molecule has 22 heavy (non-hydrogen) atoms. The van der Waals surface area contributed by atoms with E-state index in [2.05, 4.69) is 5.32 Å². The van der Waals surface area contributed by atoms with Crippen LogP contribution < -0.4 is 5.32 Å². The molecule has 0 saturated heterocycles. The van der Waals surface area contributed by atoms with Crippen LogP contribution in [0.25, 0.3) is 0 Å². The summed E-state index contributed by atoms with van der Waals surface area (Å²) in [6.45, 7) is 5.10. The van der Waals surface area contributed by atoms with Gasteiger partial charge in [0.25, 0.3) is 0 Å². The summed E-state index contributed by atoms with van der Waals surface area (Å²) in [4.78, 5) is 37.9. The smallest absolute Gasteiger partial charge is 0.307 e. The summed E-state index contributed by atoms with van der Waals surface area (Å²) < 4.78 is 0. The van der Waals surface area contributed by atoms with Gasteiger partial charge in [-0.1, -0.05) is 19.3 Å². The average Bonchev–Trinajstić information content (AvgIpc) is 3.30. The molecular formula is C16H26N2O4. The summed E-state index contributed by atoms with van der Waals surface area (Å²) in [7, 11) is 0. The molecule has 0 heterocycles. The second-order valence-corrected chi connectivity index (χ2v) is 6.40. The number of carbonyl (C=O) groups excluding carboxylic acids is 2. The van der Waals surface area contributed by atoms with Crippen LogP contribution in [-0.2, 0) is 14.4 Å². The van der Waals surface area contributed by atoms with E-state index in [4.69, 9.17) is 5.11 Å². The Kier molecular flexibility index (Phi) is 5.08. The van der Waals surface area contributed by atoms with Gasteiger partial charge in [-0.05, 0) is 33.1 Å². The lowest BCUT2D eigenvalue weighted by atomic mass is 9.80. The molecule has 2 aliphatic carbocycles. The third-order valence-corrected chi connectivity index (χ3v) is 4.97. The molecule has 0 aromatic heterocycles. The zero-order valence-corrected chi connectivity index (χ0v) is 13.4. The molecule has 2 amide bonds. The van der Waals surface area contributed by atoms with E-state index in [-0.39, 0.29) is 11.8 Å². The number of nitrogens with one attached hydrogen (secondary N) is 1. The maximum absolute atomic E-state index is 12.9. The first-order chi connectivity index (χ1) is 10.4. The fraction of sp³-hybridized carbons (Fsp3) is 0.812. The van der Waals surface area contributed by atoms with Crippen molar-refractivity contribution in [2.24, 2.45) is 11.8 Å². The van der Waals surface area contributed by atoms with Gasteiger partial charge in [0.05, 0.1) is 11.8 Å². The van der Waals surface area contributed by atoms with Crippen LogP contribution in [0.4, 0.5) is 0 Å². The summed E-state index contributed by atoms with van der Waals surface area (Å²) in [6, 6.07) is 0. The monoisotopic (exact) mass is 310 g/mol. The predicted octanol–water partition coefficient (Wildman–Crippen LogP) is 1.39. The predicted molar refractivity (Wildman–Crippen MR) is 81.1 cm³/mol. The number of amides is 2. The minimum Gasteiger partial charge on any atom is -0.481 e. The summed E-state index contributed by atoms with van der Waals surface area (Å²) >= 11 is 0. The Bertz CT molecular complexity index is 453. The molecule has 2 N–H and O–H groups in total. The van der Waals surface area contributed by atoms with Crippen LogP contribution in [0.2, 0.25) is 0 Å². The highest BCUT2D eigenvalue weighted by atomic mass is 16.4. The van der Waals surface area contributed by atoms with Gasteiger partial charge in [0, 0.05) is 13.1 Å². The van der Waals surface area contributed by atoms with Gasteiger partial charge in [-0.25, -0.2) is 0 Å². The zero-order chi connectivity index (χ0) is 16.3. The van der Waals surface area contributed by atoms with Gasteiger partial charge in [0.15, 0.2) is 0 Å². The van der Waals surface area contributed by atoms with E-state index in [0.717, 1.165) is 19.3 Å². The molecule has 0 spiro atoms. The lowest BCUT2D eigenvalue weighted by molar-refractivity contribution is -0.144. The maximum Gasteiger partial charge on any atom is 0.307 e. The number of carbonyl (C=O) groups is 3. The number of carboxylic acids is 1. The van der Waals surface area contributed by atoms with Gasteiger partial charge in [0.1, 0.15) is 5.54 Å². The SMILES string of the molecule is CCN(CC)C(=O)C1(NC(=O)C2CC2C(=O)O)CCCCC1. The van der Waals surface area contributed by atoms with Crippen molar-refractivity contribution in [1.29, 1.82) is 0 Å². The number of aliphatic carboxylic acids is 1. The van der Waals surface area contributed by atoms with Crippen LogP contribution in [-0.4, -0.2) is 46.4 Å². The second kappa shape index (κ2) is 6.67. The molecule has 2 unspecified atom stereocenters. The second-order valence-electron chi connectivity index (χ2n) is 6.40. The molecule has 2 saturated carbocycles. The van der Waals surface area contributed by atoms with Crippen molar-refractivity contribution in [1.82, 2.24) is 10.2 Å². The standard InChI is InChI=1S/C16H26N2O4/c1-3-18(4-2)15(22)16(8-6-5-7-9-16)17-13(19)11-10-12(11)14(20)21/h11-12H,3-10H2,1-2H3,(H,17,19)(H,20,21). The van der Waals surface area contributed by atoms with E-state index in [9.17, 15) is 14.4 Å². The van der Waals surface area contributed by atoms with Crippen LogP contribution in [0.15, 0.2) is 0 Å². The first-order valence-corrected chi connectivity index (χ1v) is 8.29. The lowest BCUT2D eigenvalue weighted by Gasteiger charge is -2.40. The number of likely N-dealkylation sites (N-methyl/N-ethyl adjacent to an activating group) is 1. The molecule has 0 aromatic rings. The number of hydrogen-bond acceptors (Lipinski definition) is 3. The third kappa shape index (κ3) is 3.25. The van der Waals surface area contributed by atoms with Crippen molar-refractivity contribution in [2.45, 2.75) is 57.9 Å². The van der Waals surface area contributed by atoms with Crippen molar-refractivity contribution in [3.8, 4) is 0 Å². The van der Waals surface area contributed by atoms with Gasteiger partial charge in [-0.3, -0.25) is 14.4 Å². The molecule has 0 aliphatic heterocycles. The first kappa shape index (κ1) is 16.8. The van der Waals surface area contributed by atoms with E-state index in [0.29, 0.717) is 32.4 Å². The highest BCUT2D eigenvalue weighted by molar-refractivity contribution is 5.95. The summed E-state index contributed by atoms with van der Waals surface area (Å²) in [5.74, 6) is -2.26. The van der Waals surface area contributed by atoms with Crippen LogP contribution in [0.1, 0.15) is 52.4 Å². The van der Waals surface area contributed by atoms with E-state index in [1.54, 1.807) is 4.90 Å². The van der Waals surface area contributed by atoms with E-state index >= 15 is 0 Å². The molecule has 124 valence electrons. The largest absolute Gasteiger partial charge is 0.481 e. The number of nitrogens with zero attached hydrogens (tertiary/aromatic N) is 1. The highest BCUT2D eigenvalue weighted by Crippen LogP contribution is 2.40. The molecule has 6 nitrogen and oxygen atoms in total. The van der Waals surface area contributed by atoms with Crippen molar-refractivity contribution in [3.05, 3.63) is 0 Å². The molecular weight excluding hydrogens is 284 g/mol. The van der Waals surface area contributed by atoms with E-state index in [1.807, 2.05) is 13.8 Å². The Hall–Kier alpha value is -1.59. The number of carboxylic acid groups (broad SMARTS) is 1. The van der Waals surface area contributed by atoms with Crippen LogP contribution >= 0.6 is 0 Å². The fourth-order valence-electron chi connectivity index (χ4n) is 3.45. The normalized spacial score (nSPS) is 26.1.